The Bertz CT molecular complexity index is 357. The smallest absolute Gasteiger partial charge is 0.0689 e. The maximum Gasteiger partial charge on any atom is 0.0689 e. The minimum Gasteiger partial charge on any atom is -0.377 e. The zero-order chi connectivity index (χ0) is 11.2. The first-order chi connectivity index (χ1) is 7.88. The minimum atomic E-state index is 0.803. The molecule has 0 radical (unpaired) electrons. The molecule has 0 unspecified atom stereocenters. The van der Waals surface area contributed by atoms with Gasteiger partial charge in [-0.25, -0.2) is 0 Å². The molecule has 0 bridgehead atoms. The van der Waals surface area contributed by atoms with Gasteiger partial charge in [0.15, 0.2) is 0 Å². The third-order valence-corrected chi connectivity index (χ3v) is 3.93. The van der Waals surface area contributed by atoms with Crippen molar-refractivity contribution >= 4 is 11.3 Å². The van der Waals surface area contributed by atoms with E-state index >= 15 is 0 Å². The van der Waals surface area contributed by atoms with Gasteiger partial charge in [0, 0.05) is 22.8 Å². The summed E-state index contributed by atoms with van der Waals surface area (Å²) in [4.78, 5) is 2.89. The molecule has 0 aromatic carbocycles. The highest BCUT2D eigenvalue weighted by Crippen LogP contribution is 2.16. The molecule has 88 valence electrons. The molecule has 0 aliphatic carbocycles. The van der Waals surface area contributed by atoms with Gasteiger partial charge in [-0.2, -0.15) is 0 Å². The van der Waals surface area contributed by atoms with E-state index in [0.717, 1.165) is 39.1 Å². The molecular weight excluding hydrogens is 218 g/mol. The molecule has 2 rings (SSSR count). The monoisotopic (exact) mass is 237 g/mol. The van der Waals surface area contributed by atoms with Crippen LogP contribution in [0.4, 0.5) is 0 Å². The van der Waals surface area contributed by atoms with Crippen LogP contribution in [-0.4, -0.2) is 19.8 Å². The average Bonchev–Trinajstić information content (AvgIpc) is 2.78. The molecular formula is C13H19NOS. The molecule has 0 fully saturated rings. The SMILES string of the molecule is CCc1ccc(CNCC2=CCCOC2)s1. The predicted octanol–water partition coefficient (Wildman–Crippen LogP) is 2.75. The van der Waals surface area contributed by atoms with Crippen molar-refractivity contribution < 1.29 is 4.74 Å². The maximum absolute atomic E-state index is 5.40. The summed E-state index contributed by atoms with van der Waals surface area (Å²) >= 11 is 1.91. The fraction of sp³-hybridized carbons (Fsp3) is 0.538. The first-order valence-corrected chi connectivity index (χ1v) is 6.74. The lowest BCUT2D eigenvalue weighted by molar-refractivity contribution is 0.149. The lowest BCUT2D eigenvalue weighted by Crippen LogP contribution is -2.20. The summed E-state index contributed by atoms with van der Waals surface area (Å²) in [6.07, 6.45) is 4.50. The Morgan fingerprint density at radius 3 is 2.88 bits per heavy atom. The molecule has 0 saturated carbocycles. The Morgan fingerprint density at radius 1 is 1.31 bits per heavy atom. The molecule has 2 heterocycles. The van der Waals surface area contributed by atoms with E-state index in [9.17, 15) is 0 Å². The Balaban J connectivity index is 1.73. The number of thiophene rings is 1. The van der Waals surface area contributed by atoms with E-state index in [2.05, 4.69) is 30.4 Å². The van der Waals surface area contributed by atoms with Crippen LogP contribution in [0.1, 0.15) is 23.1 Å². The summed E-state index contributed by atoms with van der Waals surface area (Å²) in [6.45, 7) is 5.82. The second-order valence-electron chi connectivity index (χ2n) is 4.03. The van der Waals surface area contributed by atoms with Crippen molar-refractivity contribution in [3.63, 3.8) is 0 Å². The van der Waals surface area contributed by atoms with Crippen molar-refractivity contribution in [3.8, 4) is 0 Å². The van der Waals surface area contributed by atoms with Crippen LogP contribution in [0.2, 0.25) is 0 Å². The van der Waals surface area contributed by atoms with Gasteiger partial charge in [0.1, 0.15) is 0 Å². The maximum atomic E-state index is 5.40. The molecule has 1 aliphatic heterocycles. The van der Waals surface area contributed by atoms with Crippen LogP contribution in [0.5, 0.6) is 0 Å². The lowest BCUT2D eigenvalue weighted by atomic mass is 10.2. The Kier molecular flexibility index (Phi) is 4.57. The number of ether oxygens (including phenoxy) is 1. The summed E-state index contributed by atoms with van der Waals surface area (Å²) in [5, 5.41) is 3.47. The number of hydrogen-bond acceptors (Lipinski definition) is 3. The lowest BCUT2D eigenvalue weighted by Gasteiger charge is -2.13. The molecule has 0 atom stereocenters. The van der Waals surface area contributed by atoms with Gasteiger partial charge in [-0.3, -0.25) is 0 Å². The second-order valence-corrected chi connectivity index (χ2v) is 5.28. The highest BCUT2D eigenvalue weighted by molar-refractivity contribution is 7.11. The van der Waals surface area contributed by atoms with Crippen molar-refractivity contribution in [2.75, 3.05) is 19.8 Å². The number of aryl methyl sites for hydroxylation is 1. The van der Waals surface area contributed by atoms with E-state index in [1.165, 1.54) is 15.3 Å². The van der Waals surface area contributed by atoms with Crippen molar-refractivity contribution in [1.82, 2.24) is 5.32 Å². The number of rotatable bonds is 5. The van der Waals surface area contributed by atoms with Crippen LogP contribution in [0.3, 0.4) is 0 Å². The topological polar surface area (TPSA) is 21.3 Å². The quantitative estimate of drug-likeness (QED) is 0.795. The molecule has 0 amide bonds. The van der Waals surface area contributed by atoms with E-state index in [1.54, 1.807) is 0 Å². The molecule has 1 aliphatic rings. The average molecular weight is 237 g/mol. The molecule has 1 N–H and O–H groups in total. The molecule has 3 heteroatoms. The molecule has 1 aromatic heterocycles. The zero-order valence-electron chi connectivity index (χ0n) is 9.79. The summed E-state index contributed by atoms with van der Waals surface area (Å²) < 4.78 is 5.40. The van der Waals surface area contributed by atoms with Gasteiger partial charge >= 0.3 is 0 Å². The molecule has 0 spiro atoms. The third-order valence-electron chi connectivity index (χ3n) is 2.70. The van der Waals surface area contributed by atoms with Crippen LogP contribution in [0.25, 0.3) is 0 Å². The van der Waals surface area contributed by atoms with Gasteiger partial charge in [-0.1, -0.05) is 13.0 Å². The standard InChI is InChI=1S/C13H19NOS/c1-2-12-5-6-13(16-12)9-14-8-11-4-3-7-15-10-11/h4-6,14H,2-3,7-10H2,1H3. The minimum absolute atomic E-state index is 0.803. The van der Waals surface area contributed by atoms with E-state index < -0.39 is 0 Å². The Labute approximate surface area is 101 Å². The predicted molar refractivity (Wildman–Crippen MR) is 68.9 cm³/mol. The fourth-order valence-electron chi connectivity index (χ4n) is 1.79. The van der Waals surface area contributed by atoms with Crippen LogP contribution in [0.15, 0.2) is 23.8 Å². The van der Waals surface area contributed by atoms with Gasteiger partial charge in [-0.15, -0.1) is 11.3 Å². The molecule has 0 saturated heterocycles. The van der Waals surface area contributed by atoms with Crippen LogP contribution >= 0.6 is 11.3 Å². The summed E-state index contributed by atoms with van der Waals surface area (Å²) in [5.41, 5.74) is 1.39. The highest BCUT2D eigenvalue weighted by Gasteiger charge is 2.03. The van der Waals surface area contributed by atoms with Crippen LogP contribution in [-0.2, 0) is 17.7 Å². The van der Waals surface area contributed by atoms with Crippen molar-refractivity contribution in [1.29, 1.82) is 0 Å². The van der Waals surface area contributed by atoms with Gasteiger partial charge in [0.05, 0.1) is 13.2 Å². The largest absolute Gasteiger partial charge is 0.377 e. The van der Waals surface area contributed by atoms with Crippen LogP contribution < -0.4 is 5.32 Å². The fourth-order valence-corrected chi connectivity index (χ4v) is 2.71. The molecule has 2 nitrogen and oxygen atoms in total. The normalized spacial score (nSPS) is 16.2. The van der Waals surface area contributed by atoms with Crippen LogP contribution in [0, 0.1) is 0 Å². The molecule has 1 aromatic rings. The first-order valence-electron chi connectivity index (χ1n) is 5.92. The zero-order valence-corrected chi connectivity index (χ0v) is 10.6. The van der Waals surface area contributed by atoms with Crippen molar-refractivity contribution in [3.05, 3.63) is 33.5 Å². The van der Waals surface area contributed by atoms with Gasteiger partial charge < -0.3 is 10.1 Å². The van der Waals surface area contributed by atoms with E-state index in [0.29, 0.717) is 0 Å². The first kappa shape index (κ1) is 11.8. The van der Waals surface area contributed by atoms with E-state index in [4.69, 9.17) is 4.74 Å². The second kappa shape index (κ2) is 6.18. The summed E-state index contributed by atoms with van der Waals surface area (Å²) in [6, 6.07) is 4.45. The van der Waals surface area contributed by atoms with Crippen molar-refractivity contribution in [2.24, 2.45) is 0 Å². The molecule has 16 heavy (non-hydrogen) atoms. The Morgan fingerprint density at radius 2 is 2.19 bits per heavy atom. The van der Waals surface area contributed by atoms with Gasteiger partial charge in [0.25, 0.3) is 0 Å². The number of hydrogen-bond donors (Lipinski definition) is 1. The van der Waals surface area contributed by atoms with E-state index in [-0.39, 0.29) is 0 Å². The van der Waals surface area contributed by atoms with Gasteiger partial charge in [0.2, 0.25) is 0 Å². The summed E-state index contributed by atoms with van der Waals surface area (Å²) in [7, 11) is 0. The summed E-state index contributed by atoms with van der Waals surface area (Å²) in [5.74, 6) is 0. The van der Waals surface area contributed by atoms with Crippen molar-refractivity contribution in [2.45, 2.75) is 26.3 Å². The third kappa shape index (κ3) is 3.44. The number of nitrogens with one attached hydrogen (secondary N) is 1. The van der Waals surface area contributed by atoms with E-state index in [1.807, 2.05) is 11.3 Å². The Hall–Kier alpha value is -0.640. The highest BCUT2D eigenvalue weighted by atomic mass is 32.1. The van der Waals surface area contributed by atoms with Gasteiger partial charge in [-0.05, 0) is 30.5 Å².